The van der Waals surface area contributed by atoms with Gasteiger partial charge in [0.2, 0.25) is 0 Å². The summed E-state index contributed by atoms with van der Waals surface area (Å²) in [5, 5.41) is 19.6. The fourth-order valence-electron chi connectivity index (χ4n) is 2.27. The molecule has 1 aromatic carbocycles. The van der Waals surface area contributed by atoms with Crippen molar-refractivity contribution < 1.29 is 13.5 Å². The summed E-state index contributed by atoms with van der Waals surface area (Å²) in [6.07, 6.45) is 4.28. The minimum atomic E-state index is -0.796. The van der Waals surface area contributed by atoms with Gasteiger partial charge in [-0.1, -0.05) is 5.21 Å². The topological polar surface area (TPSA) is 80.7 Å². The van der Waals surface area contributed by atoms with Gasteiger partial charge in [-0.3, -0.25) is 0 Å². The van der Waals surface area contributed by atoms with Crippen LogP contribution in [-0.4, -0.2) is 31.8 Å². The molecule has 0 saturated carbocycles. The lowest BCUT2D eigenvalue weighted by Crippen LogP contribution is -2.22. The molecule has 2 aromatic heterocycles. The fourth-order valence-corrected chi connectivity index (χ4v) is 2.35. The standard InChI is InChI=1S/C16H12F2N6OS/c1-25-16(26)20-7-11-9-24(22-21-11)12-4-13(17)15(14(18)5-12)23-3-2-10(6-19)8-23/h2-5,8-9H,7H2,1H3,(H,20,26). The van der Waals surface area contributed by atoms with Crippen LogP contribution in [0.5, 0.6) is 0 Å². The molecule has 0 radical (unpaired) electrons. The van der Waals surface area contributed by atoms with Crippen LogP contribution in [-0.2, 0) is 11.3 Å². The molecule has 132 valence electrons. The normalized spacial score (nSPS) is 10.4. The summed E-state index contributed by atoms with van der Waals surface area (Å²) < 4.78 is 36.2. The van der Waals surface area contributed by atoms with Crippen LogP contribution in [0.15, 0.2) is 36.8 Å². The summed E-state index contributed by atoms with van der Waals surface area (Å²) in [7, 11) is 1.43. The van der Waals surface area contributed by atoms with Crippen molar-refractivity contribution in [3.8, 4) is 17.4 Å². The van der Waals surface area contributed by atoms with Crippen LogP contribution >= 0.6 is 12.2 Å². The van der Waals surface area contributed by atoms with Crippen molar-refractivity contribution in [3.05, 3.63) is 59.7 Å². The number of hydrogen-bond donors (Lipinski definition) is 1. The Labute approximate surface area is 152 Å². The van der Waals surface area contributed by atoms with Crippen LogP contribution in [0.4, 0.5) is 8.78 Å². The van der Waals surface area contributed by atoms with Crippen LogP contribution in [0.3, 0.4) is 0 Å². The Bertz CT molecular complexity index is 983. The van der Waals surface area contributed by atoms with E-state index in [1.807, 2.05) is 6.07 Å². The average molecular weight is 374 g/mol. The highest BCUT2D eigenvalue weighted by Gasteiger charge is 2.15. The van der Waals surface area contributed by atoms with Crippen LogP contribution in [0.2, 0.25) is 0 Å². The second-order valence-corrected chi connectivity index (χ2v) is 5.55. The number of aromatic nitrogens is 4. The van der Waals surface area contributed by atoms with Gasteiger partial charge < -0.3 is 14.6 Å². The Hall–Kier alpha value is -3.32. The van der Waals surface area contributed by atoms with Crippen molar-refractivity contribution in [3.63, 3.8) is 0 Å². The summed E-state index contributed by atoms with van der Waals surface area (Å²) in [5.74, 6) is -1.59. The molecule has 0 unspecified atom stereocenters. The van der Waals surface area contributed by atoms with Gasteiger partial charge in [-0.15, -0.1) is 5.10 Å². The van der Waals surface area contributed by atoms with E-state index in [1.54, 1.807) is 0 Å². The van der Waals surface area contributed by atoms with E-state index < -0.39 is 11.6 Å². The number of ether oxygens (including phenoxy) is 1. The largest absolute Gasteiger partial charge is 0.474 e. The Balaban J connectivity index is 1.87. The maximum Gasteiger partial charge on any atom is 0.256 e. The number of halogens is 2. The lowest BCUT2D eigenvalue weighted by atomic mass is 10.2. The van der Waals surface area contributed by atoms with Crippen LogP contribution in [0, 0.1) is 23.0 Å². The van der Waals surface area contributed by atoms with Crippen molar-refractivity contribution >= 4 is 17.4 Å². The van der Waals surface area contributed by atoms with Crippen molar-refractivity contribution in [2.24, 2.45) is 0 Å². The summed E-state index contributed by atoms with van der Waals surface area (Å²) in [6.45, 7) is 0.260. The molecule has 0 aliphatic heterocycles. The molecule has 0 amide bonds. The lowest BCUT2D eigenvalue weighted by Gasteiger charge is -2.09. The zero-order valence-electron chi connectivity index (χ0n) is 13.5. The number of nitrogens with zero attached hydrogens (tertiary/aromatic N) is 5. The van der Waals surface area contributed by atoms with Gasteiger partial charge in [0.25, 0.3) is 5.17 Å². The van der Waals surface area contributed by atoms with Gasteiger partial charge in [0, 0.05) is 24.5 Å². The van der Waals surface area contributed by atoms with Crippen molar-refractivity contribution in [1.29, 1.82) is 5.26 Å². The van der Waals surface area contributed by atoms with E-state index in [0.717, 1.165) is 12.1 Å². The molecule has 0 fully saturated rings. The number of thiocarbonyl (C=S) groups is 1. The molecule has 0 aliphatic carbocycles. The highest BCUT2D eigenvalue weighted by atomic mass is 32.1. The van der Waals surface area contributed by atoms with Crippen molar-refractivity contribution in [2.75, 3.05) is 7.11 Å². The van der Waals surface area contributed by atoms with E-state index in [0.29, 0.717) is 11.3 Å². The monoisotopic (exact) mass is 374 g/mol. The molecular formula is C16H12F2N6OS. The van der Waals surface area contributed by atoms with Crippen molar-refractivity contribution in [2.45, 2.75) is 6.54 Å². The van der Waals surface area contributed by atoms with Gasteiger partial charge in [0.1, 0.15) is 17.5 Å². The molecule has 3 rings (SSSR count). The van der Waals surface area contributed by atoms with E-state index >= 15 is 0 Å². The molecule has 0 aliphatic rings. The number of rotatable bonds is 4. The minimum Gasteiger partial charge on any atom is -0.474 e. The number of methoxy groups -OCH3 is 1. The molecule has 7 nitrogen and oxygen atoms in total. The molecule has 1 N–H and O–H groups in total. The highest BCUT2D eigenvalue weighted by molar-refractivity contribution is 7.80. The molecule has 0 bridgehead atoms. The Morgan fingerprint density at radius 3 is 2.69 bits per heavy atom. The molecule has 2 heterocycles. The summed E-state index contributed by atoms with van der Waals surface area (Å²) >= 11 is 4.85. The van der Waals surface area contributed by atoms with Gasteiger partial charge in [0.05, 0.1) is 31.1 Å². The summed E-state index contributed by atoms with van der Waals surface area (Å²) in [6, 6.07) is 5.64. The zero-order valence-corrected chi connectivity index (χ0v) is 14.3. The van der Waals surface area contributed by atoms with E-state index in [9.17, 15) is 8.78 Å². The summed E-state index contributed by atoms with van der Waals surface area (Å²) in [5.41, 5.74) is 0.709. The molecule has 10 heteroatoms. The maximum atomic E-state index is 14.5. The van der Waals surface area contributed by atoms with E-state index in [4.69, 9.17) is 22.2 Å². The van der Waals surface area contributed by atoms with Gasteiger partial charge >= 0.3 is 0 Å². The molecule has 0 atom stereocenters. The van der Waals surface area contributed by atoms with Gasteiger partial charge in [-0.05, 0) is 18.3 Å². The average Bonchev–Trinajstić information content (AvgIpc) is 3.28. The first-order valence-corrected chi connectivity index (χ1v) is 7.73. The van der Waals surface area contributed by atoms with Gasteiger partial charge in [-0.2, -0.15) is 5.26 Å². The molecular weight excluding hydrogens is 362 g/mol. The number of benzene rings is 1. The third-order valence-electron chi connectivity index (χ3n) is 3.49. The van der Waals surface area contributed by atoms with Gasteiger partial charge in [-0.25, -0.2) is 13.5 Å². The predicted octanol–water partition coefficient (Wildman–Crippen LogP) is 2.23. The Morgan fingerprint density at radius 1 is 1.35 bits per heavy atom. The van der Waals surface area contributed by atoms with E-state index in [1.165, 1.54) is 41.0 Å². The second kappa shape index (κ2) is 7.28. The molecule has 3 aromatic rings. The number of nitrogens with one attached hydrogen (secondary N) is 1. The highest BCUT2D eigenvalue weighted by Crippen LogP contribution is 2.22. The maximum absolute atomic E-state index is 14.5. The minimum absolute atomic E-state index is 0.171. The second-order valence-electron chi connectivity index (χ2n) is 5.18. The van der Waals surface area contributed by atoms with E-state index in [2.05, 4.69) is 15.6 Å². The number of nitriles is 1. The zero-order chi connectivity index (χ0) is 18.7. The third kappa shape index (κ3) is 3.52. The van der Waals surface area contributed by atoms with E-state index in [-0.39, 0.29) is 23.1 Å². The lowest BCUT2D eigenvalue weighted by molar-refractivity contribution is 0.392. The SMILES string of the molecule is COC(=S)NCc1cn(-c2cc(F)c(-n3ccc(C#N)c3)c(F)c2)nn1. The first-order valence-electron chi connectivity index (χ1n) is 7.32. The quantitative estimate of drug-likeness (QED) is 0.706. The fraction of sp³-hybridized carbons (Fsp3) is 0.125. The smallest absolute Gasteiger partial charge is 0.256 e. The summed E-state index contributed by atoms with van der Waals surface area (Å²) in [4.78, 5) is 0. The van der Waals surface area contributed by atoms with Gasteiger partial charge in [0.15, 0.2) is 11.6 Å². The first-order chi connectivity index (χ1) is 12.5. The van der Waals surface area contributed by atoms with Crippen LogP contribution < -0.4 is 5.32 Å². The molecule has 0 saturated heterocycles. The van der Waals surface area contributed by atoms with Crippen LogP contribution in [0.25, 0.3) is 11.4 Å². The Kier molecular flexibility index (Phi) is 4.90. The Morgan fingerprint density at radius 2 is 2.08 bits per heavy atom. The first kappa shape index (κ1) is 17.5. The number of hydrogen-bond acceptors (Lipinski definition) is 5. The van der Waals surface area contributed by atoms with Crippen molar-refractivity contribution in [1.82, 2.24) is 24.9 Å². The molecule has 26 heavy (non-hydrogen) atoms. The third-order valence-corrected chi connectivity index (χ3v) is 3.80. The van der Waals surface area contributed by atoms with Crippen LogP contribution in [0.1, 0.15) is 11.3 Å². The molecule has 0 spiro atoms. The predicted molar refractivity (Wildman–Crippen MR) is 91.8 cm³/mol.